The van der Waals surface area contributed by atoms with Crippen molar-refractivity contribution in [3.63, 3.8) is 0 Å². The largest absolute Gasteiger partial charge is 0.489 e. The second-order valence-corrected chi connectivity index (χ2v) is 12.4. The zero-order chi connectivity index (χ0) is 32.3. The van der Waals surface area contributed by atoms with Gasteiger partial charge in [-0.3, -0.25) is 4.79 Å². The minimum absolute atomic E-state index is 0.00550. The topological polar surface area (TPSA) is 93.5 Å². The standard InChI is InChI=1S/C36H41Cl2N3O4/c1-4-6-18-41-22-33(30-17-14-28(37)21-31(30)38)40-35(41)32(39-34(42)19-24(3)7-5-2)20-25-10-15-29(16-11-25)45-23-26-8-12-27(13-9-26)36(43)44/h8-17,21-22,24,32H,4-7,18-20,23H2,1-3H3,(H,39,42)(H,43,44). The molecule has 1 aromatic heterocycles. The number of hydrogen-bond donors (Lipinski definition) is 2. The van der Waals surface area contributed by atoms with E-state index >= 15 is 0 Å². The highest BCUT2D eigenvalue weighted by Crippen LogP contribution is 2.32. The van der Waals surface area contributed by atoms with Crippen LogP contribution < -0.4 is 10.1 Å². The van der Waals surface area contributed by atoms with E-state index in [0.717, 1.165) is 60.4 Å². The van der Waals surface area contributed by atoms with Gasteiger partial charge in [0.15, 0.2) is 0 Å². The van der Waals surface area contributed by atoms with E-state index in [4.69, 9.17) is 38.0 Å². The minimum Gasteiger partial charge on any atom is -0.489 e. The van der Waals surface area contributed by atoms with Gasteiger partial charge in [0.25, 0.3) is 0 Å². The lowest BCUT2D eigenvalue weighted by molar-refractivity contribution is -0.122. The molecule has 7 nitrogen and oxygen atoms in total. The molecule has 0 fully saturated rings. The van der Waals surface area contributed by atoms with Gasteiger partial charge >= 0.3 is 5.97 Å². The van der Waals surface area contributed by atoms with Crippen LogP contribution in [-0.2, 0) is 24.4 Å². The predicted octanol–water partition coefficient (Wildman–Crippen LogP) is 9.16. The average Bonchev–Trinajstić information content (AvgIpc) is 3.43. The number of benzene rings is 3. The number of carbonyl (C=O) groups excluding carboxylic acids is 1. The zero-order valence-electron chi connectivity index (χ0n) is 26.1. The van der Waals surface area contributed by atoms with Crippen LogP contribution in [0.3, 0.4) is 0 Å². The van der Waals surface area contributed by atoms with Gasteiger partial charge in [-0.15, -0.1) is 0 Å². The van der Waals surface area contributed by atoms with Crippen molar-refractivity contribution >= 4 is 35.1 Å². The lowest BCUT2D eigenvalue weighted by atomic mass is 10.0. The number of carboxylic acids is 1. The Morgan fingerprint density at radius 3 is 2.33 bits per heavy atom. The molecule has 0 aliphatic carbocycles. The van der Waals surface area contributed by atoms with Crippen LogP contribution >= 0.6 is 23.2 Å². The number of aromatic carboxylic acids is 1. The van der Waals surface area contributed by atoms with Crippen molar-refractivity contribution in [3.05, 3.63) is 105 Å². The Bertz CT molecular complexity index is 1570. The number of amides is 1. The van der Waals surface area contributed by atoms with Crippen molar-refractivity contribution in [3.8, 4) is 17.0 Å². The van der Waals surface area contributed by atoms with Crippen molar-refractivity contribution in [2.24, 2.45) is 5.92 Å². The van der Waals surface area contributed by atoms with Crippen molar-refractivity contribution in [2.75, 3.05) is 0 Å². The van der Waals surface area contributed by atoms with E-state index in [0.29, 0.717) is 35.2 Å². The van der Waals surface area contributed by atoms with Crippen molar-refractivity contribution < 1.29 is 19.4 Å². The van der Waals surface area contributed by atoms with Gasteiger partial charge < -0.3 is 19.7 Å². The Labute approximate surface area is 275 Å². The first-order valence-corrected chi connectivity index (χ1v) is 16.3. The number of hydrogen-bond acceptors (Lipinski definition) is 4. The number of unbranched alkanes of at least 4 members (excludes halogenated alkanes) is 1. The van der Waals surface area contributed by atoms with Crippen LogP contribution in [0.5, 0.6) is 5.75 Å². The van der Waals surface area contributed by atoms with Crippen LogP contribution in [0.4, 0.5) is 0 Å². The highest BCUT2D eigenvalue weighted by atomic mass is 35.5. The van der Waals surface area contributed by atoms with E-state index in [-0.39, 0.29) is 23.4 Å². The number of ether oxygens (including phenoxy) is 1. The molecule has 9 heteroatoms. The lowest BCUT2D eigenvalue weighted by Crippen LogP contribution is -2.33. The predicted molar refractivity (Wildman–Crippen MR) is 180 cm³/mol. The van der Waals surface area contributed by atoms with Gasteiger partial charge in [0.2, 0.25) is 5.91 Å². The van der Waals surface area contributed by atoms with Gasteiger partial charge in [0.1, 0.15) is 18.2 Å². The molecule has 0 aliphatic heterocycles. The Morgan fingerprint density at radius 2 is 1.69 bits per heavy atom. The van der Waals surface area contributed by atoms with E-state index in [9.17, 15) is 9.59 Å². The molecule has 0 radical (unpaired) electrons. The monoisotopic (exact) mass is 649 g/mol. The first kappa shape index (κ1) is 34.1. The maximum absolute atomic E-state index is 13.3. The molecule has 1 amide bonds. The number of nitrogens with zero attached hydrogens (tertiary/aromatic N) is 2. The maximum Gasteiger partial charge on any atom is 0.335 e. The molecule has 45 heavy (non-hydrogen) atoms. The molecule has 0 spiro atoms. The van der Waals surface area contributed by atoms with Crippen molar-refractivity contribution in [2.45, 2.75) is 78.5 Å². The quantitative estimate of drug-likeness (QED) is 0.126. The summed E-state index contributed by atoms with van der Waals surface area (Å²) >= 11 is 12.7. The molecule has 0 aliphatic rings. The van der Waals surface area contributed by atoms with Crippen LogP contribution in [0, 0.1) is 5.92 Å². The van der Waals surface area contributed by atoms with Crippen molar-refractivity contribution in [1.29, 1.82) is 0 Å². The van der Waals surface area contributed by atoms with E-state index in [1.54, 1.807) is 36.4 Å². The molecule has 4 rings (SSSR count). The van der Waals surface area contributed by atoms with Crippen LogP contribution in [0.25, 0.3) is 11.3 Å². The third-order valence-electron chi connectivity index (χ3n) is 7.70. The Hall–Kier alpha value is -3.81. The molecule has 1 heterocycles. The van der Waals surface area contributed by atoms with Crippen LogP contribution in [0.2, 0.25) is 10.0 Å². The SMILES string of the molecule is CCCCn1cc(-c2ccc(Cl)cc2Cl)nc1C(Cc1ccc(OCc2ccc(C(=O)O)cc2)cc1)NC(=O)CC(C)CCC. The summed E-state index contributed by atoms with van der Waals surface area (Å²) in [5.41, 5.74) is 3.67. The molecule has 2 N–H and O–H groups in total. The van der Waals surface area contributed by atoms with Crippen LogP contribution in [0.15, 0.2) is 72.9 Å². The summed E-state index contributed by atoms with van der Waals surface area (Å²) in [4.78, 5) is 29.4. The second-order valence-electron chi connectivity index (χ2n) is 11.5. The Kier molecular flexibility index (Phi) is 12.5. The molecule has 238 valence electrons. The van der Waals surface area contributed by atoms with Gasteiger partial charge in [-0.05, 0) is 72.4 Å². The molecule has 0 saturated carbocycles. The maximum atomic E-state index is 13.3. The molecule has 0 saturated heterocycles. The number of nitrogens with one attached hydrogen (secondary N) is 1. The van der Waals surface area contributed by atoms with Gasteiger partial charge in [0.05, 0.1) is 22.3 Å². The van der Waals surface area contributed by atoms with Crippen LogP contribution in [-0.4, -0.2) is 26.5 Å². The molecule has 2 atom stereocenters. The Balaban J connectivity index is 1.57. The molecular formula is C36H41Cl2N3O4. The number of carbonyl (C=O) groups is 2. The first-order chi connectivity index (χ1) is 21.7. The number of aromatic nitrogens is 2. The van der Waals surface area contributed by atoms with E-state index in [1.807, 2.05) is 36.5 Å². The van der Waals surface area contributed by atoms with Crippen LogP contribution in [0.1, 0.15) is 86.2 Å². The normalized spacial score (nSPS) is 12.5. The summed E-state index contributed by atoms with van der Waals surface area (Å²) < 4.78 is 8.08. The summed E-state index contributed by atoms with van der Waals surface area (Å²) in [5.74, 6) is 0.813. The van der Waals surface area contributed by atoms with Crippen molar-refractivity contribution in [1.82, 2.24) is 14.9 Å². The highest BCUT2D eigenvalue weighted by Gasteiger charge is 2.24. The summed E-state index contributed by atoms with van der Waals surface area (Å²) in [7, 11) is 0. The molecule has 4 aromatic rings. The molecular weight excluding hydrogens is 609 g/mol. The van der Waals surface area contributed by atoms with E-state index < -0.39 is 5.97 Å². The number of aryl methyl sites for hydroxylation is 1. The average molecular weight is 651 g/mol. The molecule has 2 unspecified atom stereocenters. The Morgan fingerprint density at radius 1 is 0.978 bits per heavy atom. The summed E-state index contributed by atoms with van der Waals surface area (Å²) in [5, 5.41) is 13.5. The van der Waals surface area contributed by atoms with Gasteiger partial charge in [-0.2, -0.15) is 0 Å². The summed E-state index contributed by atoms with van der Waals surface area (Å²) in [6, 6.07) is 19.5. The van der Waals surface area contributed by atoms with Gasteiger partial charge in [-0.1, -0.05) is 87.5 Å². The number of carboxylic acid groups (broad SMARTS) is 1. The van der Waals surface area contributed by atoms with Gasteiger partial charge in [-0.25, -0.2) is 9.78 Å². The zero-order valence-corrected chi connectivity index (χ0v) is 27.6. The fourth-order valence-corrected chi connectivity index (χ4v) is 5.79. The second kappa shape index (κ2) is 16.5. The number of rotatable bonds is 16. The lowest BCUT2D eigenvalue weighted by Gasteiger charge is -2.21. The number of imidazole rings is 1. The van der Waals surface area contributed by atoms with Gasteiger partial charge in [0, 0.05) is 29.7 Å². The van der Waals surface area contributed by atoms with E-state index in [2.05, 4.69) is 30.7 Å². The molecule has 3 aromatic carbocycles. The summed E-state index contributed by atoms with van der Waals surface area (Å²) in [6.45, 7) is 7.48. The smallest absolute Gasteiger partial charge is 0.335 e. The fraction of sp³-hybridized carbons (Fsp3) is 0.361. The third-order valence-corrected chi connectivity index (χ3v) is 8.25. The molecule has 0 bridgehead atoms. The minimum atomic E-state index is -0.958. The third kappa shape index (κ3) is 9.84. The van der Waals surface area contributed by atoms with E-state index in [1.165, 1.54) is 0 Å². The summed E-state index contributed by atoms with van der Waals surface area (Å²) in [6.07, 6.45) is 7.03. The fourth-order valence-electron chi connectivity index (χ4n) is 5.28. The first-order valence-electron chi connectivity index (χ1n) is 15.5. The highest BCUT2D eigenvalue weighted by molar-refractivity contribution is 6.36. The number of halogens is 2.